The Hall–Kier alpha value is -1.21. The normalized spacial score (nSPS) is 10.3. The monoisotopic (exact) mass is 303 g/mol. The number of methoxy groups -OCH3 is 1. The Bertz CT molecular complexity index is 400. The zero-order valence-corrected chi connectivity index (χ0v) is 11.3. The molecule has 1 heterocycles. The van der Waals surface area contributed by atoms with E-state index in [0.717, 1.165) is 0 Å². The summed E-state index contributed by atoms with van der Waals surface area (Å²) in [5, 5.41) is 11.0. The standard InChI is InChI=1S/C10H14BrN3O3/c1-3-13(4-5-17-2)10-9(14(15)16)6-8(11)7-12-10/h6-7H,3-5H2,1-2H3. The number of ether oxygens (including phenoxy) is 1. The lowest BCUT2D eigenvalue weighted by atomic mass is 10.3. The maximum atomic E-state index is 11.0. The molecule has 0 amide bonds. The van der Waals surface area contributed by atoms with Crippen LogP contribution in [0.5, 0.6) is 0 Å². The van der Waals surface area contributed by atoms with Gasteiger partial charge in [0.15, 0.2) is 0 Å². The first-order chi connectivity index (χ1) is 8.10. The van der Waals surface area contributed by atoms with Gasteiger partial charge in [-0.3, -0.25) is 10.1 Å². The van der Waals surface area contributed by atoms with Gasteiger partial charge in [0.25, 0.3) is 0 Å². The fourth-order valence-corrected chi connectivity index (χ4v) is 1.73. The molecule has 7 heteroatoms. The van der Waals surface area contributed by atoms with Crippen LogP contribution in [0.4, 0.5) is 11.5 Å². The molecule has 0 aliphatic heterocycles. The van der Waals surface area contributed by atoms with Crippen LogP contribution < -0.4 is 4.90 Å². The van der Waals surface area contributed by atoms with Crippen LogP contribution in [-0.2, 0) is 4.74 Å². The second-order valence-corrected chi connectivity index (χ2v) is 4.24. The van der Waals surface area contributed by atoms with Gasteiger partial charge in [0.2, 0.25) is 5.82 Å². The van der Waals surface area contributed by atoms with Crippen molar-refractivity contribution in [3.63, 3.8) is 0 Å². The molecule has 0 spiro atoms. The average molecular weight is 304 g/mol. The molecule has 17 heavy (non-hydrogen) atoms. The number of rotatable bonds is 6. The van der Waals surface area contributed by atoms with Gasteiger partial charge in [-0.05, 0) is 22.9 Å². The summed E-state index contributed by atoms with van der Waals surface area (Å²) in [4.78, 5) is 16.4. The van der Waals surface area contributed by atoms with E-state index in [4.69, 9.17) is 4.74 Å². The Kier molecular flexibility index (Phi) is 5.30. The molecule has 1 aromatic heterocycles. The Balaban J connectivity index is 3.05. The second-order valence-electron chi connectivity index (χ2n) is 3.33. The van der Waals surface area contributed by atoms with E-state index in [1.807, 2.05) is 11.8 Å². The SMILES string of the molecule is CCN(CCOC)c1ncc(Br)cc1[N+](=O)[O-]. The van der Waals surface area contributed by atoms with Gasteiger partial charge in [-0.15, -0.1) is 0 Å². The van der Waals surface area contributed by atoms with Crippen molar-refractivity contribution in [2.24, 2.45) is 0 Å². The molecular formula is C10H14BrN3O3. The van der Waals surface area contributed by atoms with Crippen LogP contribution >= 0.6 is 15.9 Å². The van der Waals surface area contributed by atoms with Crippen molar-refractivity contribution >= 4 is 27.4 Å². The minimum absolute atomic E-state index is 0.00247. The molecule has 0 bridgehead atoms. The molecule has 1 aromatic rings. The van der Waals surface area contributed by atoms with Crippen molar-refractivity contribution in [2.45, 2.75) is 6.92 Å². The summed E-state index contributed by atoms with van der Waals surface area (Å²) in [5.74, 6) is 0.373. The Morgan fingerprint density at radius 1 is 1.65 bits per heavy atom. The Morgan fingerprint density at radius 2 is 2.35 bits per heavy atom. The van der Waals surface area contributed by atoms with Crippen molar-refractivity contribution < 1.29 is 9.66 Å². The van der Waals surface area contributed by atoms with Gasteiger partial charge in [0.05, 0.1) is 11.5 Å². The number of hydrogen-bond acceptors (Lipinski definition) is 5. The third-order valence-electron chi connectivity index (χ3n) is 2.26. The fourth-order valence-electron chi connectivity index (χ4n) is 1.41. The van der Waals surface area contributed by atoms with Crippen LogP contribution in [0.15, 0.2) is 16.7 Å². The predicted octanol–water partition coefficient (Wildman–Crippen LogP) is 2.22. The highest BCUT2D eigenvalue weighted by atomic mass is 79.9. The maximum Gasteiger partial charge on any atom is 0.312 e. The van der Waals surface area contributed by atoms with Crippen molar-refractivity contribution in [3.8, 4) is 0 Å². The molecule has 0 aliphatic carbocycles. The van der Waals surface area contributed by atoms with Crippen LogP contribution in [0, 0.1) is 10.1 Å². The van der Waals surface area contributed by atoms with Crippen molar-refractivity contribution in [1.82, 2.24) is 4.98 Å². The topological polar surface area (TPSA) is 68.5 Å². The molecule has 0 aromatic carbocycles. The minimum atomic E-state index is -0.428. The zero-order chi connectivity index (χ0) is 12.8. The molecule has 0 fully saturated rings. The first-order valence-electron chi connectivity index (χ1n) is 5.14. The van der Waals surface area contributed by atoms with Crippen LogP contribution in [-0.4, -0.2) is 36.7 Å². The fraction of sp³-hybridized carbons (Fsp3) is 0.500. The van der Waals surface area contributed by atoms with Crippen molar-refractivity contribution in [3.05, 3.63) is 26.9 Å². The summed E-state index contributed by atoms with van der Waals surface area (Å²) in [6, 6.07) is 1.46. The van der Waals surface area contributed by atoms with Gasteiger partial charge in [0, 0.05) is 36.9 Å². The highest BCUT2D eigenvalue weighted by Crippen LogP contribution is 2.28. The molecule has 0 N–H and O–H groups in total. The van der Waals surface area contributed by atoms with Crippen LogP contribution in [0.3, 0.4) is 0 Å². The number of hydrogen-bond donors (Lipinski definition) is 0. The lowest BCUT2D eigenvalue weighted by molar-refractivity contribution is -0.384. The molecule has 0 saturated heterocycles. The number of nitro groups is 1. The third kappa shape index (κ3) is 3.64. The highest BCUT2D eigenvalue weighted by Gasteiger charge is 2.20. The van der Waals surface area contributed by atoms with Crippen molar-refractivity contribution in [1.29, 1.82) is 0 Å². The van der Waals surface area contributed by atoms with Crippen molar-refractivity contribution in [2.75, 3.05) is 31.7 Å². The molecule has 1 rings (SSSR count). The Labute approximate surface area is 108 Å². The zero-order valence-electron chi connectivity index (χ0n) is 9.72. The summed E-state index contributed by atoms with van der Waals surface area (Å²) in [6.45, 7) is 3.63. The van der Waals surface area contributed by atoms with E-state index in [9.17, 15) is 10.1 Å². The number of nitrogens with zero attached hydrogens (tertiary/aromatic N) is 3. The van der Waals surface area contributed by atoms with E-state index in [-0.39, 0.29) is 5.69 Å². The maximum absolute atomic E-state index is 11.0. The predicted molar refractivity (Wildman–Crippen MR) is 68.4 cm³/mol. The third-order valence-corrected chi connectivity index (χ3v) is 2.69. The van der Waals surface area contributed by atoms with Crippen LogP contribution in [0.2, 0.25) is 0 Å². The number of halogens is 1. The molecule has 0 radical (unpaired) electrons. The number of likely N-dealkylation sites (N-methyl/N-ethyl adjacent to an activating group) is 1. The van der Waals surface area contributed by atoms with E-state index in [0.29, 0.717) is 30.0 Å². The summed E-state index contributed by atoms with van der Waals surface area (Å²) in [6.07, 6.45) is 1.55. The smallest absolute Gasteiger partial charge is 0.312 e. The van der Waals surface area contributed by atoms with E-state index >= 15 is 0 Å². The first kappa shape index (κ1) is 13.9. The summed E-state index contributed by atoms with van der Waals surface area (Å²) in [7, 11) is 1.59. The number of anilines is 1. The van der Waals surface area contributed by atoms with E-state index in [1.54, 1.807) is 13.3 Å². The molecule has 6 nitrogen and oxygen atoms in total. The van der Waals surface area contributed by atoms with Gasteiger partial charge in [-0.2, -0.15) is 0 Å². The summed E-state index contributed by atoms with van der Waals surface area (Å²) in [5.41, 5.74) is -0.00247. The number of pyridine rings is 1. The Morgan fingerprint density at radius 3 is 2.88 bits per heavy atom. The van der Waals surface area contributed by atoms with Crippen LogP contribution in [0.1, 0.15) is 6.92 Å². The van der Waals surface area contributed by atoms with E-state index in [1.165, 1.54) is 6.07 Å². The van der Waals surface area contributed by atoms with Gasteiger partial charge in [0.1, 0.15) is 0 Å². The van der Waals surface area contributed by atoms with Gasteiger partial charge in [-0.25, -0.2) is 4.98 Å². The molecule has 0 aliphatic rings. The van der Waals surface area contributed by atoms with Gasteiger partial charge >= 0.3 is 5.69 Å². The van der Waals surface area contributed by atoms with Gasteiger partial charge in [-0.1, -0.05) is 0 Å². The van der Waals surface area contributed by atoms with Crippen LogP contribution in [0.25, 0.3) is 0 Å². The molecular weight excluding hydrogens is 290 g/mol. The van der Waals surface area contributed by atoms with Gasteiger partial charge < -0.3 is 9.64 Å². The van der Waals surface area contributed by atoms with E-state index in [2.05, 4.69) is 20.9 Å². The molecule has 0 unspecified atom stereocenters. The second kappa shape index (κ2) is 6.51. The summed E-state index contributed by atoms with van der Waals surface area (Å²) < 4.78 is 5.56. The van der Waals surface area contributed by atoms with E-state index < -0.39 is 4.92 Å². The molecule has 0 saturated carbocycles. The average Bonchev–Trinajstić information content (AvgIpc) is 2.31. The first-order valence-corrected chi connectivity index (χ1v) is 5.93. The molecule has 94 valence electrons. The minimum Gasteiger partial charge on any atom is -0.383 e. The lowest BCUT2D eigenvalue weighted by Gasteiger charge is -2.20. The lowest BCUT2D eigenvalue weighted by Crippen LogP contribution is -2.28. The largest absolute Gasteiger partial charge is 0.383 e. The quantitative estimate of drug-likeness (QED) is 0.595. The highest BCUT2D eigenvalue weighted by molar-refractivity contribution is 9.10. The molecule has 0 atom stereocenters. The summed E-state index contributed by atoms with van der Waals surface area (Å²) >= 11 is 3.18. The number of aromatic nitrogens is 1.